The first-order chi connectivity index (χ1) is 13.9. The number of carbonyl (C=O) groups is 4. The third-order valence-corrected chi connectivity index (χ3v) is 4.77. The first kappa shape index (κ1) is 22.4. The lowest BCUT2D eigenvalue weighted by atomic mass is 9.99. The molecule has 2 atom stereocenters. The Morgan fingerprint density at radius 3 is 2.52 bits per heavy atom. The number of hydrogen-bond acceptors (Lipinski definition) is 5. The standard InChI is InChI=1S/C21H29N3O5/c1-14(25)23-17-12-15-7-6-8-16(11-15)13-18(21(28)29-2)24-19(26)9-4-3-5-10-22-20(17)27/h6-8,11,17-18H,3-5,9-10,12-13H2,1-2H3,(H,22,27)(H,23,25)(H,24,26)/t17-,18-/m0/s1. The number of benzene rings is 1. The molecule has 3 N–H and O–H groups in total. The van der Waals surface area contributed by atoms with Crippen molar-refractivity contribution in [1.82, 2.24) is 16.0 Å². The minimum atomic E-state index is -0.773. The van der Waals surface area contributed by atoms with Gasteiger partial charge in [-0.3, -0.25) is 14.4 Å². The van der Waals surface area contributed by atoms with Gasteiger partial charge in [-0.1, -0.05) is 30.7 Å². The number of nitrogens with one attached hydrogen (secondary N) is 3. The summed E-state index contributed by atoms with van der Waals surface area (Å²) in [4.78, 5) is 48.4. The van der Waals surface area contributed by atoms with Gasteiger partial charge >= 0.3 is 5.97 Å². The Kier molecular flexibility index (Phi) is 8.64. The molecule has 1 aliphatic heterocycles. The van der Waals surface area contributed by atoms with E-state index >= 15 is 0 Å². The first-order valence-electron chi connectivity index (χ1n) is 9.89. The molecule has 1 aromatic carbocycles. The number of fused-ring (bicyclic) bond motifs is 2. The molecule has 1 aromatic rings. The largest absolute Gasteiger partial charge is 0.467 e. The highest BCUT2D eigenvalue weighted by Crippen LogP contribution is 2.12. The maximum Gasteiger partial charge on any atom is 0.328 e. The van der Waals surface area contributed by atoms with Crippen LogP contribution in [0.2, 0.25) is 0 Å². The fourth-order valence-electron chi connectivity index (χ4n) is 3.33. The minimum Gasteiger partial charge on any atom is -0.467 e. The fourth-order valence-corrected chi connectivity index (χ4v) is 3.33. The van der Waals surface area contributed by atoms with Crippen LogP contribution >= 0.6 is 0 Å². The van der Waals surface area contributed by atoms with Crippen LogP contribution in [0.1, 0.15) is 43.7 Å². The minimum absolute atomic E-state index is 0.196. The summed E-state index contributed by atoms with van der Waals surface area (Å²) in [7, 11) is 1.29. The van der Waals surface area contributed by atoms with Gasteiger partial charge in [-0.2, -0.15) is 0 Å². The van der Waals surface area contributed by atoms with Gasteiger partial charge in [0.15, 0.2) is 0 Å². The molecule has 29 heavy (non-hydrogen) atoms. The Labute approximate surface area is 170 Å². The van der Waals surface area contributed by atoms with E-state index in [0.717, 1.165) is 24.0 Å². The number of hydrogen-bond donors (Lipinski definition) is 3. The molecular formula is C21H29N3O5. The van der Waals surface area contributed by atoms with Crippen molar-refractivity contribution >= 4 is 23.7 Å². The summed E-state index contributed by atoms with van der Waals surface area (Å²) in [6.07, 6.45) is 3.05. The van der Waals surface area contributed by atoms with Gasteiger partial charge in [0.2, 0.25) is 17.7 Å². The first-order valence-corrected chi connectivity index (χ1v) is 9.89. The Hall–Kier alpha value is -2.90. The summed E-state index contributed by atoms with van der Waals surface area (Å²) in [5, 5.41) is 8.32. The van der Waals surface area contributed by atoms with Crippen molar-refractivity contribution in [2.24, 2.45) is 0 Å². The lowest BCUT2D eigenvalue weighted by Gasteiger charge is -2.20. The third kappa shape index (κ3) is 7.56. The second kappa shape index (κ2) is 11.2. The average molecular weight is 403 g/mol. The fraction of sp³-hybridized carbons (Fsp3) is 0.524. The maximum atomic E-state index is 12.5. The molecular weight excluding hydrogens is 374 g/mol. The van der Waals surface area contributed by atoms with Crippen molar-refractivity contribution in [3.63, 3.8) is 0 Å². The quantitative estimate of drug-likeness (QED) is 0.627. The molecule has 158 valence electrons. The Bertz CT molecular complexity index is 730. The summed E-state index contributed by atoms with van der Waals surface area (Å²) in [6.45, 7) is 1.85. The van der Waals surface area contributed by atoms with E-state index in [-0.39, 0.29) is 24.1 Å². The maximum absolute atomic E-state index is 12.5. The predicted octanol–water partition coefficient (Wildman–Crippen LogP) is 0.624. The highest BCUT2D eigenvalue weighted by Gasteiger charge is 2.23. The van der Waals surface area contributed by atoms with Gasteiger partial charge in [0.05, 0.1) is 7.11 Å². The number of methoxy groups -OCH3 is 1. The van der Waals surface area contributed by atoms with Crippen molar-refractivity contribution in [2.75, 3.05) is 13.7 Å². The molecule has 0 saturated carbocycles. The molecule has 0 unspecified atom stereocenters. The van der Waals surface area contributed by atoms with Crippen molar-refractivity contribution < 1.29 is 23.9 Å². The lowest BCUT2D eigenvalue weighted by Crippen LogP contribution is -2.47. The van der Waals surface area contributed by atoms with E-state index in [1.807, 2.05) is 24.3 Å². The lowest BCUT2D eigenvalue weighted by molar-refractivity contribution is -0.145. The summed E-state index contributed by atoms with van der Waals surface area (Å²) >= 11 is 0. The molecule has 0 aliphatic carbocycles. The SMILES string of the molecule is COC(=O)[C@@H]1Cc2cccc(c2)C[C@H](NC(C)=O)C(=O)NCCCCCC(=O)N1. The van der Waals surface area contributed by atoms with E-state index < -0.39 is 18.1 Å². The van der Waals surface area contributed by atoms with Crippen LogP contribution in [0.15, 0.2) is 24.3 Å². The molecule has 1 aliphatic rings. The van der Waals surface area contributed by atoms with Gasteiger partial charge in [-0.15, -0.1) is 0 Å². The van der Waals surface area contributed by atoms with Gasteiger partial charge in [0, 0.05) is 32.7 Å². The summed E-state index contributed by atoms with van der Waals surface area (Å²) in [5.74, 6) is -1.20. The zero-order chi connectivity index (χ0) is 21.2. The van der Waals surface area contributed by atoms with Crippen LogP contribution in [0.25, 0.3) is 0 Å². The van der Waals surface area contributed by atoms with Crippen LogP contribution in [-0.2, 0) is 36.8 Å². The van der Waals surface area contributed by atoms with Crippen LogP contribution in [-0.4, -0.2) is 49.4 Å². The molecule has 2 bridgehead atoms. The zero-order valence-corrected chi connectivity index (χ0v) is 17.0. The Morgan fingerprint density at radius 1 is 1.10 bits per heavy atom. The molecule has 0 fully saturated rings. The van der Waals surface area contributed by atoms with E-state index in [2.05, 4.69) is 16.0 Å². The summed E-state index contributed by atoms with van der Waals surface area (Å²) in [5.41, 5.74) is 1.67. The molecule has 0 saturated heterocycles. The van der Waals surface area contributed by atoms with Gasteiger partial charge in [0.25, 0.3) is 0 Å². The van der Waals surface area contributed by atoms with Gasteiger partial charge in [-0.25, -0.2) is 4.79 Å². The van der Waals surface area contributed by atoms with E-state index in [1.165, 1.54) is 14.0 Å². The Balaban J connectivity index is 2.27. The van der Waals surface area contributed by atoms with E-state index in [4.69, 9.17) is 4.74 Å². The Morgan fingerprint density at radius 2 is 1.83 bits per heavy atom. The van der Waals surface area contributed by atoms with E-state index in [9.17, 15) is 19.2 Å². The molecule has 0 aromatic heterocycles. The second-order valence-electron chi connectivity index (χ2n) is 7.23. The van der Waals surface area contributed by atoms with Crippen molar-refractivity contribution in [3.8, 4) is 0 Å². The zero-order valence-electron chi connectivity index (χ0n) is 17.0. The van der Waals surface area contributed by atoms with Gasteiger partial charge in [-0.05, 0) is 24.0 Å². The molecule has 8 nitrogen and oxygen atoms in total. The monoisotopic (exact) mass is 403 g/mol. The van der Waals surface area contributed by atoms with Crippen molar-refractivity contribution in [1.29, 1.82) is 0 Å². The van der Waals surface area contributed by atoms with Crippen LogP contribution in [0.3, 0.4) is 0 Å². The molecule has 0 radical (unpaired) electrons. The van der Waals surface area contributed by atoms with E-state index in [1.54, 1.807) is 0 Å². The summed E-state index contributed by atoms with van der Waals surface area (Å²) < 4.78 is 4.84. The normalized spacial score (nSPS) is 21.4. The van der Waals surface area contributed by atoms with Crippen LogP contribution in [0.4, 0.5) is 0 Å². The molecule has 1 heterocycles. The average Bonchev–Trinajstić information content (AvgIpc) is 2.68. The number of carbonyl (C=O) groups excluding carboxylic acids is 4. The third-order valence-electron chi connectivity index (χ3n) is 4.77. The number of amides is 3. The number of esters is 1. The topological polar surface area (TPSA) is 114 Å². The molecule has 0 spiro atoms. The second-order valence-corrected chi connectivity index (χ2v) is 7.23. The number of ether oxygens (including phenoxy) is 1. The van der Waals surface area contributed by atoms with Crippen LogP contribution in [0.5, 0.6) is 0 Å². The summed E-state index contributed by atoms with van der Waals surface area (Å²) in [6, 6.07) is 5.96. The molecule has 2 rings (SSSR count). The van der Waals surface area contributed by atoms with Crippen LogP contribution < -0.4 is 16.0 Å². The highest BCUT2D eigenvalue weighted by molar-refractivity contribution is 5.87. The highest BCUT2D eigenvalue weighted by atomic mass is 16.5. The van der Waals surface area contributed by atoms with E-state index in [0.29, 0.717) is 25.8 Å². The van der Waals surface area contributed by atoms with Crippen LogP contribution in [0, 0.1) is 0 Å². The van der Waals surface area contributed by atoms with Gasteiger partial charge in [0.1, 0.15) is 12.1 Å². The van der Waals surface area contributed by atoms with Crippen molar-refractivity contribution in [2.45, 2.75) is 57.5 Å². The van der Waals surface area contributed by atoms with Crippen molar-refractivity contribution in [3.05, 3.63) is 35.4 Å². The molecule has 3 amide bonds. The van der Waals surface area contributed by atoms with Gasteiger partial charge < -0.3 is 20.7 Å². The smallest absolute Gasteiger partial charge is 0.328 e. The number of rotatable bonds is 2. The predicted molar refractivity (Wildman–Crippen MR) is 107 cm³/mol. The molecule has 8 heteroatoms.